The molecule has 98 valence electrons. The Hall–Kier alpha value is -1.77. The Morgan fingerprint density at radius 3 is 2.72 bits per heavy atom. The Balaban J connectivity index is 2.79. The molecule has 0 bridgehead atoms. The highest BCUT2D eigenvalue weighted by Crippen LogP contribution is 2.29. The largest absolute Gasteiger partial charge is 0.493 e. The topological polar surface area (TPSA) is 35.5 Å². The third-order valence-electron chi connectivity index (χ3n) is 2.51. The van der Waals surface area contributed by atoms with Crippen molar-refractivity contribution < 1.29 is 14.3 Å². The van der Waals surface area contributed by atoms with E-state index in [1.54, 1.807) is 13.2 Å². The van der Waals surface area contributed by atoms with E-state index in [1.165, 1.54) is 0 Å². The van der Waals surface area contributed by atoms with Gasteiger partial charge in [0.1, 0.15) is 0 Å². The van der Waals surface area contributed by atoms with Crippen molar-refractivity contribution in [3.8, 4) is 11.5 Å². The molecule has 3 nitrogen and oxygen atoms in total. The van der Waals surface area contributed by atoms with Gasteiger partial charge in [-0.3, -0.25) is 4.79 Å². The number of esters is 1. The van der Waals surface area contributed by atoms with E-state index in [9.17, 15) is 4.79 Å². The molecule has 0 aliphatic rings. The van der Waals surface area contributed by atoms with Gasteiger partial charge >= 0.3 is 5.97 Å². The number of carbonyl (C=O) groups excluding carboxylic acids is 1. The molecule has 0 unspecified atom stereocenters. The minimum absolute atomic E-state index is 0.214. The molecule has 0 aromatic heterocycles. The average molecular weight is 248 g/mol. The van der Waals surface area contributed by atoms with Crippen LogP contribution in [0.3, 0.4) is 0 Å². The molecule has 0 saturated carbocycles. The van der Waals surface area contributed by atoms with Crippen LogP contribution in [-0.2, 0) is 4.79 Å². The van der Waals surface area contributed by atoms with Crippen LogP contribution in [0.1, 0.15) is 38.7 Å². The van der Waals surface area contributed by atoms with Gasteiger partial charge in [0.05, 0.1) is 7.11 Å². The van der Waals surface area contributed by atoms with Crippen LogP contribution in [0.2, 0.25) is 0 Å². The first-order valence-corrected chi connectivity index (χ1v) is 6.22. The van der Waals surface area contributed by atoms with E-state index >= 15 is 0 Å². The molecule has 3 heteroatoms. The first-order valence-electron chi connectivity index (χ1n) is 6.22. The molecule has 0 amide bonds. The van der Waals surface area contributed by atoms with Crippen molar-refractivity contribution in [1.29, 1.82) is 0 Å². The van der Waals surface area contributed by atoms with Gasteiger partial charge in [-0.15, -0.1) is 0 Å². The number of allylic oxidation sites excluding steroid dienone is 1. The van der Waals surface area contributed by atoms with Crippen molar-refractivity contribution in [3.63, 3.8) is 0 Å². The van der Waals surface area contributed by atoms with Crippen molar-refractivity contribution in [3.05, 3.63) is 29.8 Å². The van der Waals surface area contributed by atoms with Gasteiger partial charge in [0, 0.05) is 6.42 Å². The second-order valence-electron chi connectivity index (χ2n) is 3.99. The summed E-state index contributed by atoms with van der Waals surface area (Å²) >= 11 is 0. The lowest BCUT2D eigenvalue weighted by molar-refractivity contribution is -0.134. The maximum Gasteiger partial charge on any atom is 0.311 e. The first-order chi connectivity index (χ1) is 8.71. The summed E-state index contributed by atoms with van der Waals surface area (Å²) in [5, 5.41) is 0. The second kappa shape index (κ2) is 7.54. The Morgan fingerprint density at radius 2 is 2.11 bits per heavy atom. The molecule has 0 saturated heterocycles. The summed E-state index contributed by atoms with van der Waals surface area (Å²) in [5.74, 6) is 0.844. The Bertz CT molecular complexity index is 422. The summed E-state index contributed by atoms with van der Waals surface area (Å²) in [7, 11) is 1.57. The summed E-state index contributed by atoms with van der Waals surface area (Å²) in [5.41, 5.74) is 1.02. The molecule has 1 rings (SSSR count). The molecule has 0 N–H and O–H groups in total. The van der Waals surface area contributed by atoms with Crippen LogP contribution in [0.4, 0.5) is 0 Å². The summed E-state index contributed by atoms with van der Waals surface area (Å²) in [6.07, 6.45) is 6.17. The highest BCUT2D eigenvalue weighted by atomic mass is 16.6. The molecular formula is C15H20O3. The highest BCUT2D eigenvalue weighted by Gasteiger charge is 2.09. The molecule has 0 fully saturated rings. The zero-order valence-electron chi connectivity index (χ0n) is 11.2. The zero-order chi connectivity index (χ0) is 13.4. The molecule has 0 spiro atoms. The number of rotatable bonds is 6. The average Bonchev–Trinajstić information content (AvgIpc) is 2.38. The lowest BCUT2D eigenvalue weighted by Crippen LogP contribution is -2.08. The fraction of sp³-hybridized carbons (Fsp3) is 0.400. The normalized spacial score (nSPS) is 10.6. The highest BCUT2D eigenvalue weighted by molar-refractivity contribution is 5.73. The van der Waals surface area contributed by atoms with Gasteiger partial charge in [-0.1, -0.05) is 31.6 Å². The van der Waals surface area contributed by atoms with Gasteiger partial charge in [0.15, 0.2) is 11.5 Å². The van der Waals surface area contributed by atoms with Crippen molar-refractivity contribution in [2.45, 2.75) is 33.1 Å². The maximum atomic E-state index is 11.6. The van der Waals surface area contributed by atoms with Crippen LogP contribution in [0.5, 0.6) is 11.5 Å². The van der Waals surface area contributed by atoms with Gasteiger partial charge in [0.25, 0.3) is 0 Å². The molecule has 0 radical (unpaired) electrons. The molecule has 0 atom stereocenters. The maximum absolute atomic E-state index is 11.6. The van der Waals surface area contributed by atoms with E-state index in [2.05, 4.69) is 0 Å². The van der Waals surface area contributed by atoms with Crippen molar-refractivity contribution >= 4 is 12.0 Å². The van der Waals surface area contributed by atoms with Crippen molar-refractivity contribution in [2.24, 2.45) is 0 Å². The van der Waals surface area contributed by atoms with Crippen LogP contribution in [-0.4, -0.2) is 13.1 Å². The number of hydrogen-bond donors (Lipinski definition) is 0. The number of carbonyl (C=O) groups is 1. The SMILES string of the molecule is CC=Cc1ccc(OC(=O)CCCC)c(OC)c1. The van der Waals surface area contributed by atoms with E-state index < -0.39 is 0 Å². The fourth-order valence-electron chi connectivity index (χ4n) is 1.56. The van der Waals surface area contributed by atoms with Crippen LogP contribution in [0, 0.1) is 0 Å². The zero-order valence-corrected chi connectivity index (χ0v) is 11.2. The predicted octanol–water partition coefficient (Wildman–Crippen LogP) is 3.82. The molecule has 0 aliphatic carbocycles. The number of benzene rings is 1. The molecule has 1 aromatic carbocycles. The van der Waals surface area contributed by atoms with Crippen LogP contribution in [0.15, 0.2) is 24.3 Å². The Kier molecular flexibility index (Phi) is 5.98. The lowest BCUT2D eigenvalue weighted by Gasteiger charge is -2.09. The summed E-state index contributed by atoms with van der Waals surface area (Å²) in [4.78, 5) is 11.6. The summed E-state index contributed by atoms with van der Waals surface area (Å²) in [6.45, 7) is 3.99. The first kappa shape index (κ1) is 14.3. The van der Waals surface area contributed by atoms with E-state index in [4.69, 9.17) is 9.47 Å². The molecule has 18 heavy (non-hydrogen) atoms. The van der Waals surface area contributed by atoms with Crippen LogP contribution in [0.25, 0.3) is 6.08 Å². The van der Waals surface area contributed by atoms with Gasteiger partial charge < -0.3 is 9.47 Å². The summed E-state index contributed by atoms with van der Waals surface area (Å²) in [6, 6.07) is 5.51. The van der Waals surface area contributed by atoms with Gasteiger partial charge in [-0.2, -0.15) is 0 Å². The van der Waals surface area contributed by atoms with E-state index in [1.807, 2.05) is 38.1 Å². The number of unbranched alkanes of at least 4 members (excludes halogenated alkanes) is 1. The minimum atomic E-state index is -0.214. The van der Waals surface area contributed by atoms with Gasteiger partial charge in [-0.25, -0.2) is 0 Å². The molecular weight excluding hydrogens is 228 g/mol. The van der Waals surface area contributed by atoms with Gasteiger partial charge in [-0.05, 0) is 31.0 Å². The Morgan fingerprint density at radius 1 is 1.33 bits per heavy atom. The third-order valence-corrected chi connectivity index (χ3v) is 2.51. The van der Waals surface area contributed by atoms with E-state index in [0.29, 0.717) is 17.9 Å². The van der Waals surface area contributed by atoms with Crippen LogP contribution >= 0.6 is 0 Å². The monoisotopic (exact) mass is 248 g/mol. The third kappa shape index (κ3) is 4.24. The predicted molar refractivity (Wildman–Crippen MR) is 72.9 cm³/mol. The number of methoxy groups -OCH3 is 1. The quantitative estimate of drug-likeness (QED) is 0.567. The van der Waals surface area contributed by atoms with Crippen molar-refractivity contribution in [1.82, 2.24) is 0 Å². The van der Waals surface area contributed by atoms with Gasteiger partial charge in [0.2, 0.25) is 0 Å². The summed E-state index contributed by atoms with van der Waals surface area (Å²) < 4.78 is 10.5. The van der Waals surface area contributed by atoms with E-state index in [0.717, 1.165) is 18.4 Å². The standard InChI is InChI=1S/C15H20O3/c1-4-6-8-15(16)18-13-10-9-12(7-5-2)11-14(13)17-3/h5,7,9-11H,4,6,8H2,1-3H3. The molecule has 1 aromatic rings. The number of ether oxygens (including phenoxy) is 2. The second-order valence-corrected chi connectivity index (χ2v) is 3.99. The number of hydrogen-bond acceptors (Lipinski definition) is 3. The minimum Gasteiger partial charge on any atom is -0.493 e. The van der Waals surface area contributed by atoms with E-state index in [-0.39, 0.29) is 5.97 Å². The molecule has 0 heterocycles. The smallest absolute Gasteiger partial charge is 0.311 e. The van der Waals surface area contributed by atoms with Crippen molar-refractivity contribution in [2.75, 3.05) is 7.11 Å². The fourth-order valence-corrected chi connectivity index (χ4v) is 1.56. The Labute approximate surface area is 108 Å². The lowest BCUT2D eigenvalue weighted by atomic mass is 10.2. The molecule has 0 aliphatic heterocycles. The van der Waals surface area contributed by atoms with Crippen LogP contribution < -0.4 is 9.47 Å².